The highest BCUT2D eigenvalue weighted by molar-refractivity contribution is 6.83. The molecule has 0 amide bonds. The molecule has 1 heterocycles. The minimum Gasteiger partial charge on any atom is -0.439 e. The van der Waals surface area contributed by atoms with E-state index in [-0.39, 0.29) is 0 Å². The molecule has 1 fully saturated rings. The third-order valence-electron chi connectivity index (χ3n) is 4.79. The molecular formula is C16H40O8Si4. The Morgan fingerprint density at radius 3 is 1.96 bits per heavy atom. The van der Waals surface area contributed by atoms with Gasteiger partial charge in [0.2, 0.25) is 0 Å². The third kappa shape index (κ3) is 9.57. The summed E-state index contributed by atoms with van der Waals surface area (Å²) in [6.45, 7) is 10.8. The van der Waals surface area contributed by atoms with Gasteiger partial charge in [-0.2, -0.15) is 0 Å². The van der Waals surface area contributed by atoms with Crippen LogP contribution in [0.2, 0.25) is 44.3 Å². The highest BCUT2D eigenvalue weighted by Gasteiger charge is 2.47. The Balaban J connectivity index is 2.67. The van der Waals surface area contributed by atoms with Gasteiger partial charge in [-0.15, -0.1) is 0 Å². The Kier molecular flexibility index (Phi) is 11.8. The van der Waals surface area contributed by atoms with Crippen molar-refractivity contribution in [3.63, 3.8) is 0 Å². The predicted octanol–water partition coefficient (Wildman–Crippen LogP) is 2.48. The quantitative estimate of drug-likeness (QED) is 0.181. The largest absolute Gasteiger partial charge is 0.500 e. The summed E-state index contributed by atoms with van der Waals surface area (Å²) >= 11 is 0. The first-order valence-corrected chi connectivity index (χ1v) is 19.7. The molecule has 28 heavy (non-hydrogen) atoms. The topological polar surface area (TPSA) is 77.1 Å². The lowest BCUT2D eigenvalue weighted by atomic mass is 10.5. The fourth-order valence-corrected chi connectivity index (χ4v) is 18.1. The van der Waals surface area contributed by atoms with Crippen LogP contribution in [0.15, 0.2) is 0 Å². The number of rotatable bonds is 17. The SMILES string of the molecule is CO[Si](C)(CCCOCC1CO1)O[Si](C)(CC[Si](OC)(OC)OC)O[SiH](C)C. The normalized spacial score (nSPS) is 21.5. The summed E-state index contributed by atoms with van der Waals surface area (Å²) < 4.78 is 46.6. The molecule has 168 valence electrons. The zero-order valence-electron chi connectivity index (χ0n) is 18.9. The van der Waals surface area contributed by atoms with Gasteiger partial charge in [0.1, 0.15) is 6.10 Å². The average molecular weight is 473 g/mol. The molecule has 8 nitrogen and oxygen atoms in total. The molecule has 0 bridgehead atoms. The summed E-state index contributed by atoms with van der Waals surface area (Å²) in [5.41, 5.74) is 0. The molecule has 3 unspecified atom stereocenters. The van der Waals surface area contributed by atoms with E-state index in [2.05, 4.69) is 26.2 Å². The van der Waals surface area contributed by atoms with Crippen molar-refractivity contribution in [3.05, 3.63) is 0 Å². The number of ether oxygens (including phenoxy) is 2. The van der Waals surface area contributed by atoms with Crippen LogP contribution in [0.4, 0.5) is 0 Å². The number of hydrogen-bond acceptors (Lipinski definition) is 8. The minimum absolute atomic E-state index is 0.300. The highest BCUT2D eigenvalue weighted by Crippen LogP contribution is 2.29. The molecule has 1 aliphatic rings. The molecule has 0 aromatic carbocycles. The average Bonchev–Trinajstić information content (AvgIpc) is 3.47. The van der Waals surface area contributed by atoms with Crippen LogP contribution in [-0.2, 0) is 35.4 Å². The van der Waals surface area contributed by atoms with Gasteiger partial charge in [0.05, 0.1) is 13.2 Å². The summed E-state index contributed by atoms with van der Waals surface area (Å²) in [7, 11) is -2.16. The Hall–Kier alpha value is 0.548. The van der Waals surface area contributed by atoms with Crippen LogP contribution < -0.4 is 0 Å². The fourth-order valence-electron chi connectivity index (χ4n) is 3.09. The van der Waals surface area contributed by atoms with Crippen LogP contribution in [0, 0.1) is 0 Å². The van der Waals surface area contributed by atoms with Crippen molar-refractivity contribution in [2.75, 3.05) is 48.3 Å². The first kappa shape index (κ1) is 26.6. The maximum Gasteiger partial charge on any atom is 0.500 e. The molecule has 12 heteroatoms. The summed E-state index contributed by atoms with van der Waals surface area (Å²) in [4.78, 5) is 0. The summed E-state index contributed by atoms with van der Waals surface area (Å²) in [6.07, 6.45) is 1.20. The summed E-state index contributed by atoms with van der Waals surface area (Å²) in [6, 6.07) is 2.28. The van der Waals surface area contributed by atoms with E-state index < -0.39 is 35.0 Å². The molecule has 0 radical (unpaired) electrons. The molecule has 0 N–H and O–H groups in total. The van der Waals surface area contributed by atoms with E-state index in [0.29, 0.717) is 25.4 Å². The first-order valence-electron chi connectivity index (χ1n) is 9.93. The van der Waals surface area contributed by atoms with Gasteiger partial charge in [-0.3, -0.25) is 0 Å². The molecule has 0 aromatic rings. The Bertz CT molecular complexity index is 431. The van der Waals surface area contributed by atoms with Gasteiger partial charge in [0.25, 0.3) is 0 Å². The van der Waals surface area contributed by atoms with Gasteiger partial charge < -0.3 is 35.4 Å². The minimum atomic E-state index is -2.67. The van der Waals surface area contributed by atoms with E-state index >= 15 is 0 Å². The standard InChI is InChI=1S/C16H40O8Si4/c1-17-26(7,11-9-10-21-14-16-15-22-16)24-27(8,23-25(5)6)12-13-28(18-2,19-3)20-4/h16,25H,9-15H2,1-8H3. The molecule has 1 saturated heterocycles. The lowest BCUT2D eigenvalue weighted by molar-refractivity contribution is 0.115. The molecule has 0 spiro atoms. The van der Waals surface area contributed by atoms with Gasteiger partial charge in [-0.1, -0.05) is 0 Å². The maximum atomic E-state index is 6.70. The van der Waals surface area contributed by atoms with Crippen molar-refractivity contribution in [2.45, 2.75) is 56.8 Å². The number of epoxide rings is 1. The molecule has 0 aromatic heterocycles. The second-order valence-corrected chi connectivity index (χ2v) is 20.6. The fraction of sp³-hybridized carbons (Fsp3) is 1.00. The van der Waals surface area contributed by atoms with Gasteiger partial charge in [0.15, 0.2) is 9.04 Å². The van der Waals surface area contributed by atoms with Crippen molar-refractivity contribution < 1.29 is 35.4 Å². The number of hydrogen-bond donors (Lipinski definition) is 0. The van der Waals surface area contributed by atoms with E-state index in [9.17, 15) is 0 Å². The molecular weight excluding hydrogens is 433 g/mol. The van der Waals surface area contributed by atoms with Gasteiger partial charge in [0, 0.05) is 41.1 Å². The highest BCUT2D eigenvalue weighted by atomic mass is 28.5. The maximum absolute atomic E-state index is 6.70. The predicted molar refractivity (Wildman–Crippen MR) is 118 cm³/mol. The Morgan fingerprint density at radius 1 is 0.893 bits per heavy atom. The van der Waals surface area contributed by atoms with E-state index in [0.717, 1.165) is 25.1 Å². The van der Waals surface area contributed by atoms with Crippen LogP contribution in [0.1, 0.15) is 6.42 Å². The van der Waals surface area contributed by atoms with E-state index in [1.807, 2.05) is 0 Å². The molecule has 1 aliphatic heterocycles. The third-order valence-corrected chi connectivity index (χ3v) is 18.6. The first-order chi connectivity index (χ1) is 13.2. The van der Waals surface area contributed by atoms with E-state index in [1.54, 1.807) is 28.4 Å². The zero-order valence-corrected chi connectivity index (χ0v) is 23.0. The van der Waals surface area contributed by atoms with Gasteiger partial charge >= 0.3 is 25.9 Å². The molecule has 1 rings (SSSR count). The second-order valence-electron chi connectivity index (χ2n) is 7.67. The Labute approximate surface area is 175 Å². The molecule has 3 atom stereocenters. The summed E-state index contributed by atoms with van der Waals surface area (Å²) in [5.74, 6) is 0. The van der Waals surface area contributed by atoms with Crippen molar-refractivity contribution in [3.8, 4) is 0 Å². The zero-order chi connectivity index (χ0) is 21.3. The van der Waals surface area contributed by atoms with Crippen molar-refractivity contribution in [2.24, 2.45) is 0 Å². The van der Waals surface area contributed by atoms with Crippen LogP contribution in [0.5, 0.6) is 0 Å². The van der Waals surface area contributed by atoms with Crippen molar-refractivity contribution in [1.29, 1.82) is 0 Å². The molecule has 0 aliphatic carbocycles. The smallest absolute Gasteiger partial charge is 0.439 e. The van der Waals surface area contributed by atoms with Gasteiger partial charge in [-0.25, -0.2) is 0 Å². The van der Waals surface area contributed by atoms with E-state index in [4.69, 9.17) is 35.4 Å². The van der Waals surface area contributed by atoms with E-state index in [1.165, 1.54) is 0 Å². The lowest BCUT2D eigenvalue weighted by Crippen LogP contribution is -2.54. The van der Waals surface area contributed by atoms with Gasteiger partial charge in [-0.05, 0) is 44.7 Å². The van der Waals surface area contributed by atoms with Crippen LogP contribution in [0.25, 0.3) is 0 Å². The second kappa shape index (κ2) is 12.4. The monoisotopic (exact) mass is 472 g/mol. The van der Waals surface area contributed by atoms with Crippen LogP contribution >= 0.6 is 0 Å². The van der Waals surface area contributed by atoms with Crippen LogP contribution in [-0.4, -0.2) is 89.3 Å². The Morgan fingerprint density at radius 2 is 1.50 bits per heavy atom. The lowest BCUT2D eigenvalue weighted by Gasteiger charge is -2.38. The van der Waals surface area contributed by atoms with Crippen molar-refractivity contribution >= 4 is 35.0 Å². The molecule has 0 saturated carbocycles. The van der Waals surface area contributed by atoms with Crippen molar-refractivity contribution in [1.82, 2.24) is 0 Å². The summed E-state index contributed by atoms with van der Waals surface area (Å²) in [5, 5.41) is 0. The van der Waals surface area contributed by atoms with Crippen LogP contribution in [0.3, 0.4) is 0 Å².